The maximum atomic E-state index is 11.4. The fourth-order valence-corrected chi connectivity index (χ4v) is 1.52. The minimum Gasteiger partial charge on any atom is -0.350 e. The predicted molar refractivity (Wildman–Crippen MR) is 54.5 cm³/mol. The Balaban J connectivity index is 1.77. The first-order valence-corrected chi connectivity index (χ1v) is 5.23. The number of amides is 1. The van der Waals surface area contributed by atoms with Crippen LogP contribution in [-0.4, -0.2) is 32.0 Å². The van der Waals surface area contributed by atoms with Crippen molar-refractivity contribution in [1.29, 1.82) is 0 Å². The van der Waals surface area contributed by atoms with E-state index >= 15 is 0 Å². The fraction of sp³-hybridized carbons (Fsp3) is 0.250. The molecule has 0 saturated carbocycles. The topological polar surface area (TPSA) is 83.6 Å². The summed E-state index contributed by atoms with van der Waals surface area (Å²) in [5.74, 6) is 0.655. The molecule has 2 aromatic rings. The third-order valence-electron chi connectivity index (χ3n) is 1.79. The molecule has 0 spiro atoms. The summed E-state index contributed by atoms with van der Waals surface area (Å²) in [6, 6.07) is 0. The second-order valence-corrected chi connectivity index (χ2v) is 3.44. The Kier molecular flexibility index (Phi) is 3.03. The van der Waals surface area contributed by atoms with Gasteiger partial charge in [0.1, 0.15) is 5.82 Å². The van der Waals surface area contributed by atoms with Crippen LogP contribution in [0, 0.1) is 0 Å². The molecular weight excluding hydrogens is 214 g/mol. The highest BCUT2D eigenvalue weighted by Gasteiger charge is 2.07. The lowest BCUT2D eigenvalue weighted by atomic mass is 10.4. The number of imidazole rings is 1. The molecule has 0 saturated heterocycles. The van der Waals surface area contributed by atoms with Gasteiger partial charge in [-0.05, 0) is 11.5 Å². The van der Waals surface area contributed by atoms with Gasteiger partial charge in [0, 0.05) is 30.7 Å². The van der Waals surface area contributed by atoms with Crippen molar-refractivity contribution >= 4 is 17.4 Å². The van der Waals surface area contributed by atoms with E-state index in [0.29, 0.717) is 18.7 Å². The van der Waals surface area contributed by atoms with Gasteiger partial charge in [-0.1, -0.05) is 4.49 Å². The first-order chi connectivity index (χ1) is 7.36. The van der Waals surface area contributed by atoms with E-state index in [2.05, 4.69) is 24.9 Å². The predicted octanol–water partition coefficient (Wildman–Crippen LogP) is 0.234. The van der Waals surface area contributed by atoms with Crippen LogP contribution < -0.4 is 5.32 Å². The van der Waals surface area contributed by atoms with Crippen LogP contribution in [0.3, 0.4) is 0 Å². The maximum Gasteiger partial charge on any atom is 0.272 e. The molecule has 0 radical (unpaired) electrons. The van der Waals surface area contributed by atoms with Crippen LogP contribution >= 0.6 is 11.5 Å². The molecule has 0 fully saturated rings. The SMILES string of the molecule is O=C(NCCc1ncc[nH]1)c1csnn1. The van der Waals surface area contributed by atoms with Crippen molar-refractivity contribution in [3.05, 3.63) is 29.3 Å². The highest BCUT2D eigenvalue weighted by molar-refractivity contribution is 7.03. The van der Waals surface area contributed by atoms with Gasteiger partial charge in [0.05, 0.1) is 0 Å². The van der Waals surface area contributed by atoms with Crippen molar-refractivity contribution in [2.45, 2.75) is 6.42 Å². The number of nitrogens with one attached hydrogen (secondary N) is 2. The molecule has 0 bridgehead atoms. The minimum atomic E-state index is -0.199. The smallest absolute Gasteiger partial charge is 0.272 e. The molecule has 0 atom stereocenters. The van der Waals surface area contributed by atoms with Gasteiger partial charge in [-0.2, -0.15) is 0 Å². The molecule has 2 rings (SSSR count). The summed E-state index contributed by atoms with van der Waals surface area (Å²) in [5.41, 5.74) is 0.361. The average Bonchev–Trinajstić information content (AvgIpc) is 2.90. The van der Waals surface area contributed by atoms with Crippen molar-refractivity contribution < 1.29 is 4.79 Å². The Labute approximate surface area is 89.9 Å². The van der Waals surface area contributed by atoms with Crippen LogP contribution in [0.2, 0.25) is 0 Å². The van der Waals surface area contributed by atoms with Crippen LogP contribution in [0.4, 0.5) is 0 Å². The molecule has 78 valence electrons. The molecule has 2 N–H and O–H groups in total. The zero-order chi connectivity index (χ0) is 10.5. The maximum absolute atomic E-state index is 11.4. The molecule has 1 amide bonds. The molecule has 15 heavy (non-hydrogen) atoms. The van der Waals surface area contributed by atoms with Crippen molar-refractivity contribution in [3.63, 3.8) is 0 Å². The van der Waals surface area contributed by atoms with Gasteiger partial charge in [-0.3, -0.25) is 4.79 Å². The van der Waals surface area contributed by atoms with E-state index in [9.17, 15) is 4.79 Å². The summed E-state index contributed by atoms with van der Waals surface area (Å²) in [5, 5.41) is 8.01. The Morgan fingerprint density at radius 2 is 2.53 bits per heavy atom. The standard InChI is InChI=1S/C8H9N5OS/c14-8(6-5-15-13-12-6)11-2-1-7-9-3-4-10-7/h3-5H,1-2H2,(H,9,10)(H,11,14). The van der Waals surface area contributed by atoms with E-state index in [1.54, 1.807) is 17.8 Å². The summed E-state index contributed by atoms with van der Waals surface area (Å²) in [4.78, 5) is 18.4. The fourth-order valence-electron chi connectivity index (χ4n) is 1.08. The number of aromatic nitrogens is 4. The molecule has 0 unspecified atom stereocenters. The summed E-state index contributed by atoms with van der Waals surface area (Å²) < 4.78 is 3.61. The number of carbonyl (C=O) groups is 1. The minimum absolute atomic E-state index is 0.199. The number of nitrogens with zero attached hydrogens (tertiary/aromatic N) is 3. The molecule has 7 heteroatoms. The van der Waals surface area contributed by atoms with Crippen LogP contribution in [0.5, 0.6) is 0 Å². The molecule has 0 aliphatic rings. The first kappa shape index (κ1) is 9.78. The molecule has 0 aromatic carbocycles. The number of carbonyl (C=O) groups excluding carboxylic acids is 1. The lowest BCUT2D eigenvalue weighted by molar-refractivity contribution is 0.0949. The Hall–Kier alpha value is -1.76. The lowest BCUT2D eigenvalue weighted by Crippen LogP contribution is -2.26. The van der Waals surface area contributed by atoms with E-state index in [4.69, 9.17) is 0 Å². The lowest BCUT2D eigenvalue weighted by Gasteiger charge is -2.00. The molecule has 2 aromatic heterocycles. The normalized spacial score (nSPS) is 10.1. The van der Waals surface area contributed by atoms with Gasteiger partial charge in [-0.15, -0.1) is 5.10 Å². The Morgan fingerprint density at radius 1 is 1.60 bits per heavy atom. The molecule has 6 nitrogen and oxygen atoms in total. The quantitative estimate of drug-likeness (QED) is 0.777. The summed E-state index contributed by atoms with van der Waals surface area (Å²) in [6.07, 6.45) is 4.11. The average molecular weight is 223 g/mol. The Morgan fingerprint density at radius 3 is 3.20 bits per heavy atom. The third kappa shape index (κ3) is 2.59. The zero-order valence-electron chi connectivity index (χ0n) is 7.80. The molecule has 0 aliphatic carbocycles. The van der Waals surface area contributed by atoms with Crippen molar-refractivity contribution in [1.82, 2.24) is 24.9 Å². The van der Waals surface area contributed by atoms with Crippen LogP contribution in [-0.2, 0) is 6.42 Å². The second-order valence-electron chi connectivity index (χ2n) is 2.83. The van der Waals surface area contributed by atoms with Gasteiger partial charge >= 0.3 is 0 Å². The number of H-pyrrole nitrogens is 1. The Bertz CT molecular complexity index is 410. The monoisotopic (exact) mass is 223 g/mol. The van der Waals surface area contributed by atoms with E-state index in [0.717, 1.165) is 17.4 Å². The highest BCUT2D eigenvalue weighted by atomic mass is 32.1. The van der Waals surface area contributed by atoms with Gasteiger partial charge < -0.3 is 10.3 Å². The number of aromatic amines is 1. The molecular formula is C8H9N5OS. The van der Waals surface area contributed by atoms with Crippen LogP contribution in [0.1, 0.15) is 16.3 Å². The van der Waals surface area contributed by atoms with E-state index in [1.807, 2.05) is 0 Å². The van der Waals surface area contributed by atoms with E-state index < -0.39 is 0 Å². The van der Waals surface area contributed by atoms with Gasteiger partial charge in [-0.25, -0.2) is 4.98 Å². The molecule has 2 heterocycles. The number of hydrogen-bond acceptors (Lipinski definition) is 5. The summed E-state index contributed by atoms with van der Waals surface area (Å²) in [7, 11) is 0. The number of rotatable bonds is 4. The first-order valence-electron chi connectivity index (χ1n) is 4.40. The second kappa shape index (κ2) is 4.65. The third-order valence-corrected chi connectivity index (χ3v) is 2.30. The van der Waals surface area contributed by atoms with E-state index in [1.165, 1.54) is 0 Å². The summed E-state index contributed by atoms with van der Waals surface area (Å²) >= 11 is 1.16. The van der Waals surface area contributed by atoms with Crippen LogP contribution in [0.25, 0.3) is 0 Å². The zero-order valence-corrected chi connectivity index (χ0v) is 8.62. The van der Waals surface area contributed by atoms with Crippen molar-refractivity contribution in [2.75, 3.05) is 6.54 Å². The highest BCUT2D eigenvalue weighted by Crippen LogP contribution is 1.96. The summed E-state index contributed by atoms with van der Waals surface area (Å²) in [6.45, 7) is 0.532. The van der Waals surface area contributed by atoms with Crippen molar-refractivity contribution in [2.24, 2.45) is 0 Å². The largest absolute Gasteiger partial charge is 0.350 e. The van der Waals surface area contributed by atoms with Gasteiger partial charge in [0.2, 0.25) is 0 Å². The number of hydrogen-bond donors (Lipinski definition) is 2. The molecule has 0 aliphatic heterocycles. The van der Waals surface area contributed by atoms with Crippen molar-refractivity contribution in [3.8, 4) is 0 Å². The van der Waals surface area contributed by atoms with Gasteiger partial charge in [0.15, 0.2) is 5.69 Å². The van der Waals surface area contributed by atoms with Crippen LogP contribution in [0.15, 0.2) is 17.8 Å². The van der Waals surface area contributed by atoms with E-state index in [-0.39, 0.29) is 5.91 Å². The van der Waals surface area contributed by atoms with Gasteiger partial charge in [0.25, 0.3) is 5.91 Å².